The number of aromatic nitrogens is 2. The van der Waals surface area contributed by atoms with Crippen molar-refractivity contribution in [3.05, 3.63) is 101 Å². The van der Waals surface area contributed by atoms with E-state index in [1.54, 1.807) is 24.7 Å². The molecule has 0 bridgehead atoms. The van der Waals surface area contributed by atoms with E-state index in [1.807, 2.05) is 60.0 Å². The highest BCUT2D eigenvalue weighted by Gasteiger charge is 2.31. The summed E-state index contributed by atoms with van der Waals surface area (Å²) in [6, 6.07) is 21.4. The van der Waals surface area contributed by atoms with Gasteiger partial charge in [-0.05, 0) is 71.5 Å². The summed E-state index contributed by atoms with van der Waals surface area (Å²) < 4.78 is 43.1. The zero-order chi connectivity index (χ0) is 26.9. The number of imidazole rings is 1. The van der Waals surface area contributed by atoms with Gasteiger partial charge in [0, 0.05) is 33.6 Å². The molecule has 4 nitrogen and oxygen atoms in total. The van der Waals surface area contributed by atoms with E-state index in [9.17, 15) is 13.2 Å². The summed E-state index contributed by atoms with van der Waals surface area (Å²) in [6.45, 7) is 2.44. The van der Waals surface area contributed by atoms with Gasteiger partial charge in [0.2, 0.25) is 0 Å². The normalized spacial score (nSPS) is 12.0. The molecule has 0 aliphatic rings. The van der Waals surface area contributed by atoms with E-state index in [0.717, 1.165) is 43.4 Å². The molecule has 0 atom stereocenters. The molecule has 0 N–H and O–H groups in total. The maximum absolute atomic E-state index is 12.5. The third kappa shape index (κ3) is 5.71. The molecular weight excluding hydrogens is 531 g/mol. The van der Waals surface area contributed by atoms with Crippen molar-refractivity contribution in [1.29, 1.82) is 0 Å². The van der Waals surface area contributed by atoms with Crippen LogP contribution in [0.4, 0.5) is 13.2 Å². The number of hydrogen-bond acceptors (Lipinski definition) is 4. The zero-order valence-electron chi connectivity index (χ0n) is 20.2. The van der Waals surface area contributed by atoms with Crippen LogP contribution < -0.4 is 4.74 Å². The Labute approximate surface area is 227 Å². The second kappa shape index (κ2) is 10.6. The van der Waals surface area contributed by atoms with Crippen LogP contribution in [0.2, 0.25) is 5.02 Å². The van der Waals surface area contributed by atoms with Gasteiger partial charge in [-0.15, -0.1) is 13.2 Å². The number of ether oxygens (including phenoxy) is 1. The predicted octanol–water partition coefficient (Wildman–Crippen LogP) is 8.07. The summed E-state index contributed by atoms with van der Waals surface area (Å²) in [5.41, 5.74) is 5.39. The van der Waals surface area contributed by atoms with Gasteiger partial charge < -0.3 is 4.74 Å². The van der Waals surface area contributed by atoms with E-state index in [0.29, 0.717) is 23.7 Å². The molecule has 9 heteroatoms. The summed E-state index contributed by atoms with van der Waals surface area (Å²) in [4.78, 5) is 9.90. The smallest absolute Gasteiger partial charge is 0.406 e. The minimum atomic E-state index is -4.73. The lowest BCUT2D eigenvalue weighted by molar-refractivity contribution is -0.274. The number of thiocarbonyl (C=S) groups is 1. The molecule has 0 saturated heterocycles. The first-order valence-electron chi connectivity index (χ1n) is 11.7. The van der Waals surface area contributed by atoms with Gasteiger partial charge in [-0.1, -0.05) is 54.2 Å². The Kier molecular flexibility index (Phi) is 7.19. The molecule has 4 aromatic carbocycles. The minimum Gasteiger partial charge on any atom is -0.406 e. The molecule has 1 aromatic heterocycles. The van der Waals surface area contributed by atoms with Crippen molar-refractivity contribution in [2.24, 2.45) is 4.99 Å². The lowest BCUT2D eigenvalue weighted by atomic mass is 10.0. The van der Waals surface area contributed by atoms with Crippen molar-refractivity contribution in [2.75, 3.05) is 6.54 Å². The fraction of sp³-hybridized carbons (Fsp3) is 0.138. The van der Waals surface area contributed by atoms with Crippen LogP contribution in [0.1, 0.15) is 16.7 Å². The number of aryl methyl sites for hydroxylation is 1. The molecular formula is C29H21ClF3N3OS. The molecule has 0 radical (unpaired) electrons. The molecule has 0 saturated carbocycles. The van der Waals surface area contributed by atoms with Crippen LogP contribution in [-0.4, -0.2) is 33.5 Å². The second-order valence-electron chi connectivity index (χ2n) is 8.79. The molecule has 0 spiro atoms. The van der Waals surface area contributed by atoms with E-state index >= 15 is 0 Å². The topological polar surface area (TPSA) is 39.4 Å². The van der Waals surface area contributed by atoms with Crippen LogP contribution in [-0.2, 0) is 6.42 Å². The fourth-order valence-corrected chi connectivity index (χ4v) is 4.83. The Balaban J connectivity index is 1.32. The van der Waals surface area contributed by atoms with E-state index in [4.69, 9.17) is 23.8 Å². The summed E-state index contributed by atoms with van der Waals surface area (Å²) in [7, 11) is 0. The summed E-state index contributed by atoms with van der Waals surface area (Å²) >= 11 is 11.9. The quantitative estimate of drug-likeness (QED) is 0.152. The van der Waals surface area contributed by atoms with Crippen LogP contribution >= 0.6 is 23.8 Å². The summed E-state index contributed by atoms with van der Waals surface area (Å²) in [6.07, 6.45) is -0.666. The highest BCUT2D eigenvalue weighted by molar-refractivity contribution is 7.80. The Hall–Kier alpha value is -3.75. The molecule has 0 fully saturated rings. The number of hydrogen-bond donors (Lipinski definition) is 0. The summed E-state index contributed by atoms with van der Waals surface area (Å²) in [5.74, 6) is -0.273. The Bertz CT molecular complexity index is 1660. The predicted molar refractivity (Wildman–Crippen MR) is 150 cm³/mol. The van der Waals surface area contributed by atoms with Crippen molar-refractivity contribution in [1.82, 2.24) is 9.55 Å². The first kappa shape index (κ1) is 25.9. The SMILES string of the molecule is Cc1cccc(Cl)c1CC(=S)CN=Cc1ccc2c(ccc3c2ncn3-c2ccc(OC(F)(F)F)cc2)c1. The molecule has 0 unspecified atom stereocenters. The molecule has 192 valence electrons. The van der Waals surface area contributed by atoms with Gasteiger partial charge in [-0.3, -0.25) is 9.56 Å². The van der Waals surface area contributed by atoms with E-state index in [2.05, 4.69) is 14.7 Å². The molecule has 0 aliphatic heterocycles. The van der Waals surface area contributed by atoms with E-state index < -0.39 is 6.36 Å². The average Bonchev–Trinajstić information content (AvgIpc) is 3.30. The van der Waals surface area contributed by atoms with Crippen molar-refractivity contribution >= 4 is 56.7 Å². The van der Waals surface area contributed by atoms with Gasteiger partial charge in [0.1, 0.15) is 12.1 Å². The minimum absolute atomic E-state index is 0.273. The zero-order valence-corrected chi connectivity index (χ0v) is 21.7. The van der Waals surface area contributed by atoms with Crippen molar-refractivity contribution in [3.8, 4) is 11.4 Å². The number of nitrogens with zero attached hydrogens (tertiary/aromatic N) is 3. The maximum Gasteiger partial charge on any atom is 0.573 e. The Morgan fingerprint density at radius 1 is 1.08 bits per heavy atom. The molecule has 0 amide bonds. The third-order valence-corrected chi connectivity index (χ3v) is 6.77. The van der Waals surface area contributed by atoms with E-state index in [1.165, 1.54) is 12.1 Å². The lowest BCUT2D eigenvalue weighted by Gasteiger charge is -2.10. The maximum atomic E-state index is 12.5. The largest absolute Gasteiger partial charge is 0.573 e. The number of fused-ring (bicyclic) bond motifs is 3. The van der Waals surface area contributed by atoms with Crippen LogP contribution in [0, 0.1) is 6.92 Å². The molecule has 38 heavy (non-hydrogen) atoms. The first-order chi connectivity index (χ1) is 18.2. The average molecular weight is 552 g/mol. The van der Waals surface area contributed by atoms with Crippen LogP contribution in [0.3, 0.4) is 0 Å². The first-order valence-corrected chi connectivity index (χ1v) is 12.5. The molecule has 5 aromatic rings. The Morgan fingerprint density at radius 2 is 1.87 bits per heavy atom. The number of rotatable bonds is 7. The van der Waals surface area contributed by atoms with Gasteiger partial charge in [-0.2, -0.15) is 0 Å². The van der Waals surface area contributed by atoms with Crippen molar-refractivity contribution in [3.63, 3.8) is 0 Å². The fourth-order valence-electron chi connectivity index (χ4n) is 4.32. The van der Waals surface area contributed by atoms with Crippen molar-refractivity contribution in [2.45, 2.75) is 19.7 Å². The molecule has 1 heterocycles. The highest BCUT2D eigenvalue weighted by atomic mass is 35.5. The van der Waals surface area contributed by atoms with Gasteiger partial charge in [-0.25, -0.2) is 4.98 Å². The van der Waals surface area contributed by atoms with Crippen molar-refractivity contribution < 1.29 is 17.9 Å². The van der Waals surface area contributed by atoms with Gasteiger partial charge in [0.25, 0.3) is 0 Å². The number of halogens is 4. The number of alkyl halides is 3. The molecule has 5 rings (SSSR count). The number of aliphatic imine (C=N–C) groups is 1. The molecule has 0 aliphatic carbocycles. The Morgan fingerprint density at radius 3 is 2.61 bits per heavy atom. The standard InChI is InChI=1S/C29H21ClF3N3OS/c1-18-3-2-4-26(30)25(18)14-23(38)16-34-15-19-5-11-24-20(13-19)6-12-27-28(24)35-17-36(27)21-7-9-22(10-8-21)37-29(31,32)33/h2-13,15,17H,14,16H2,1H3. The summed E-state index contributed by atoms with van der Waals surface area (Å²) in [5, 5.41) is 2.67. The van der Waals surface area contributed by atoms with Gasteiger partial charge >= 0.3 is 6.36 Å². The van der Waals surface area contributed by atoms with Crippen LogP contribution in [0.5, 0.6) is 5.75 Å². The highest BCUT2D eigenvalue weighted by Crippen LogP contribution is 2.29. The van der Waals surface area contributed by atoms with Gasteiger partial charge in [0.15, 0.2) is 0 Å². The van der Waals surface area contributed by atoms with Gasteiger partial charge in [0.05, 0.1) is 17.6 Å². The van der Waals surface area contributed by atoms with Crippen LogP contribution in [0.15, 0.2) is 84.1 Å². The van der Waals surface area contributed by atoms with Crippen LogP contribution in [0.25, 0.3) is 27.5 Å². The lowest BCUT2D eigenvalue weighted by Crippen LogP contribution is -2.17. The monoisotopic (exact) mass is 551 g/mol. The third-order valence-electron chi connectivity index (χ3n) is 6.14. The number of benzene rings is 4. The van der Waals surface area contributed by atoms with E-state index in [-0.39, 0.29) is 5.75 Å². The second-order valence-corrected chi connectivity index (χ2v) is 9.78.